The minimum absolute atomic E-state index is 0. The number of aromatic carboxylic acids is 2. The summed E-state index contributed by atoms with van der Waals surface area (Å²) in [7, 11) is 0. The maximum absolute atomic E-state index is 10.2. The minimum atomic E-state index is -0.942. The van der Waals surface area contributed by atoms with Gasteiger partial charge in [0.1, 0.15) is 0 Å². The van der Waals surface area contributed by atoms with Crippen LogP contribution in [0.4, 0.5) is 0 Å². The molecule has 22 heavy (non-hydrogen) atoms. The van der Waals surface area contributed by atoms with Gasteiger partial charge >= 0.3 is 11.9 Å². The molecule has 2 radical (unpaired) electrons. The quantitative estimate of drug-likeness (QED) is 0.730. The maximum Gasteiger partial charge on any atom is 0.337 e. The fourth-order valence-corrected chi connectivity index (χ4v) is 0.979. The number of carboxylic acid groups (broad SMARTS) is 2. The average Bonchev–Trinajstić information content (AvgIpc) is 2.50. The second-order valence-electron chi connectivity index (χ2n) is 3.15. The third-order valence-corrected chi connectivity index (χ3v) is 1.82. The van der Waals surface area contributed by atoms with Crippen molar-refractivity contribution >= 4 is 52.7 Å². The molecule has 2 aromatic rings. The second-order valence-corrected chi connectivity index (χ2v) is 3.62. The Morgan fingerprint density at radius 3 is 1.36 bits per heavy atom. The number of aromatic nitrogens is 2. The number of carboxylic acids is 2. The first-order valence-corrected chi connectivity index (χ1v) is 5.80. The van der Waals surface area contributed by atoms with Crippen molar-refractivity contribution in [3.63, 3.8) is 0 Å². The summed E-state index contributed by atoms with van der Waals surface area (Å²) in [6, 6.07) is 6.16. The first-order valence-electron chi connectivity index (χ1n) is 5.18. The molecular formula is C12H10Cl2N2O5Se. The van der Waals surface area contributed by atoms with E-state index in [0.29, 0.717) is 0 Å². The van der Waals surface area contributed by atoms with Gasteiger partial charge in [0.15, 0.2) is 0 Å². The van der Waals surface area contributed by atoms with Gasteiger partial charge in [0, 0.05) is 41.9 Å². The molecule has 0 fully saturated rings. The molecule has 10 heteroatoms. The molecule has 0 aliphatic heterocycles. The fourth-order valence-electron chi connectivity index (χ4n) is 0.979. The Morgan fingerprint density at radius 2 is 1.23 bits per heavy atom. The molecule has 2 aromatic heterocycles. The fraction of sp³-hybridized carbons (Fsp3) is 0. The van der Waals surface area contributed by atoms with Crippen LogP contribution in [0.15, 0.2) is 49.1 Å². The summed E-state index contributed by atoms with van der Waals surface area (Å²) in [6.07, 6.45) is 5.68. The number of hydrogen-bond acceptors (Lipinski definition) is 5. The molecule has 0 spiro atoms. The summed E-state index contributed by atoms with van der Waals surface area (Å²) in [4.78, 5) is 27.6. The molecule has 7 nitrogen and oxygen atoms in total. The predicted molar refractivity (Wildman–Crippen MR) is 80.9 cm³/mol. The van der Waals surface area contributed by atoms with E-state index < -0.39 is 11.9 Å². The van der Waals surface area contributed by atoms with Crippen LogP contribution in [0.2, 0.25) is 0 Å². The maximum atomic E-state index is 10.2. The van der Waals surface area contributed by atoms with Gasteiger partial charge < -0.3 is 10.2 Å². The van der Waals surface area contributed by atoms with Gasteiger partial charge in [0.05, 0.1) is 34.9 Å². The minimum Gasteiger partial charge on any atom is -0.478 e. The summed E-state index contributed by atoms with van der Waals surface area (Å²) in [5.74, 6) is -1.88. The van der Waals surface area contributed by atoms with Crippen LogP contribution in [0.3, 0.4) is 0 Å². The van der Waals surface area contributed by atoms with Crippen LogP contribution >= 0.6 is 23.7 Å². The van der Waals surface area contributed by atoms with Crippen molar-refractivity contribution in [2.75, 3.05) is 0 Å². The van der Waals surface area contributed by atoms with Crippen molar-refractivity contribution in [1.82, 2.24) is 9.97 Å². The van der Waals surface area contributed by atoms with Crippen LogP contribution in [0.1, 0.15) is 20.7 Å². The van der Waals surface area contributed by atoms with Crippen LogP contribution < -0.4 is 0 Å². The van der Waals surface area contributed by atoms with Gasteiger partial charge in [0.2, 0.25) is 0 Å². The molecule has 0 saturated heterocycles. The van der Waals surface area contributed by atoms with Crippen LogP contribution in [0.25, 0.3) is 0 Å². The molecule has 0 bridgehead atoms. The van der Waals surface area contributed by atoms with Crippen LogP contribution in [0, 0.1) is 0 Å². The first kappa shape index (κ1) is 22.6. The molecule has 0 saturated carbocycles. The van der Waals surface area contributed by atoms with Crippen molar-refractivity contribution in [2.24, 2.45) is 0 Å². The Hall–Kier alpha value is -1.70. The molecule has 2 heterocycles. The topological polar surface area (TPSA) is 110 Å². The average molecular weight is 412 g/mol. The third-order valence-electron chi connectivity index (χ3n) is 1.82. The molecule has 118 valence electrons. The van der Waals surface area contributed by atoms with Gasteiger partial charge in [-0.15, -0.1) is 0 Å². The number of hydrogen-bond donors (Lipinski definition) is 2. The van der Waals surface area contributed by atoms with Crippen LogP contribution in [-0.2, 0) is 3.84 Å². The van der Waals surface area contributed by atoms with E-state index in [2.05, 4.69) is 37.5 Å². The van der Waals surface area contributed by atoms with Crippen LogP contribution in [0.5, 0.6) is 0 Å². The van der Waals surface area contributed by atoms with Gasteiger partial charge in [-0.3, -0.25) is 9.97 Å². The van der Waals surface area contributed by atoms with Crippen molar-refractivity contribution in [3.05, 3.63) is 60.2 Å². The number of halogens is 2. The Bertz CT molecular complexity index is 496. The molecule has 0 atom stereocenters. The Kier molecular flexibility index (Phi) is 14.6. The summed E-state index contributed by atoms with van der Waals surface area (Å²) < 4.78 is 3.19. The summed E-state index contributed by atoms with van der Waals surface area (Å²) in [5, 5.41) is 16.7. The molecule has 0 aliphatic rings. The molecule has 2 rings (SSSR count). The zero-order valence-corrected chi connectivity index (χ0v) is 14.0. The van der Waals surface area contributed by atoms with Gasteiger partial charge in [-0.2, -0.15) is 3.84 Å². The zero-order chi connectivity index (χ0) is 16.1. The van der Waals surface area contributed by atoms with E-state index in [1.54, 1.807) is 12.1 Å². The van der Waals surface area contributed by atoms with Gasteiger partial charge in [-0.1, -0.05) is 0 Å². The predicted octanol–water partition coefficient (Wildman–Crippen LogP) is 2.49. The molecule has 0 amide bonds. The normalized spacial score (nSPS) is 8.09. The molecule has 2 N–H and O–H groups in total. The summed E-state index contributed by atoms with van der Waals surface area (Å²) >= 11 is 8.53. The molecule has 0 unspecified atom stereocenters. The van der Waals surface area contributed by atoms with Crippen molar-refractivity contribution < 1.29 is 23.6 Å². The number of pyridine rings is 2. The number of rotatable bonds is 2. The monoisotopic (exact) mass is 412 g/mol. The second kappa shape index (κ2) is 14.2. The molecular weight excluding hydrogens is 402 g/mol. The van der Waals surface area contributed by atoms with E-state index in [-0.39, 0.29) is 28.2 Å². The smallest absolute Gasteiger partial charge is 0.337 e. The third kappa shape index (κ3) is 11.0. The SMILES string of the molecule is ClOCl.O=C(O)c1cccnc1.O=C(O)c1cccnc1.[Se]. The number of carbonyl (C=O) groups is 2. The Labute approximate surface area is 146 Å². The van der Waals surface area contributed by atoms with Crippen LogP contribution in [-0.4, -0.2) is 49.2 Å². The van der Waals surface area contributed by atoms with E-state index in [0.717, 1.165) is 0 Å². The summed E-state index contributed by atoms with van der Waals surface area (Å²) in [6.45, 7) is 0. The molecule has 0 aliphatic carbocycles. The summed E-state index contributed by atoms with van der Waals surface area (Å²) in [5.41, 5.74) is 0.440. The number of nitrogens with zero attached hydrogens (tertiary/aromatic N) is 2. The van der Waals surface area contributed by atoms with E-state index in [4.69, 9.17) is 10.2 Å². The van der Waals surface area contributed by atoms with E-state index in [1.165, 1.54) is 36.9 Å². The standard InChI is InChI=1S/2C6H5NO2.Cl2O.Se/c2*8-6(9)5-2-1-3-7-4-5;1-3-2;/h2*1-4H,(H,8,9);;. The van der Waals surface area contributed by atoms with E-state index in [9.17, 15) is 9.59 Å². The molecule has 0 aromatic carbocycles. The van der Waals surface area contributed by atoms with Crippen molar-refractivity contribution in [3.8, 4) is 0 Å². The zero-order valence-electron chi connectivity index (χ0n) is 10.8. The van der Waals surface area contributed by atoms with Gasteiger partial charge in [-0.05, 0) is 24.3 Å². The Balaban J connectivity index is 0. The van der Waals surface area contributed by atoms with E-state index >= 15 is 0 Å². The van der Waals surface area contributed by atoms with E-state index in [1.807, 2.05) is 0 Å². The van der Waals surface area contributed by atoms with Crippen molar-refractivity contribution in [2.45, 2.75) is 0 Å². The Morgan fingerprint density at radius 1 is 0.909 bits per heavy atom. The largest absolute Gasteiger partial charge is 0.478 e. The van der Waals surface area contributed by atoms with Gasteiger partial charge in [-0.25, -0.2) is 9.59 Å². The van der Waals surface area contributed by atoms with Gasteiger partial charge in [0.25, 0.3) is 0 Å². The van der Waals surface area contributed by atoms with Crippen molar-refractivity contribution in [1.29, 1.82) is 0 Å². The first-order chi connectivity index (χ1) is 10.0.